The summed E-state index contributed by atoms with van der Waals surface area (Å²) in [7, 11) is 0. The average Bonchev–Trinajstić information content (AvgIpc) is 2.53. The van der Waals surface area contributed by atoms with E-state index in [1.807, 2.05) is 27.7 Å². The predicted octanol–water partition coefficient (Wildman–Crippen LogP) is 3.08. The second-order valence-electron chi connectivity index (χ2n) is 7.62. The quantitative estimate of drug-likeness (QED) is 0.880. The van der Waals surface area contributed by atoms with E-state index in [2.05, 4.69) is 5.32 Å². The summed E-state index contributed by atoms with van der Waals surface area (Å²) in [5.41, 5.74) is 0.835. The van der Waals surface area contributed by atoms with Crippen molar-refractivity contribution in [1.82, 2.24) is 10.2 Å². The van der Waals surface area contributed by atoms with Gasteiger partial charge in [-0.15, -0.1) is 0 Å². The summed E-state index contributed by atoms with van der Waals surface area (Å²) in [6.07, 6.45) is 1.39. The Bertz CT molecular complexity index is 629. The Labute approximate surface area is 149 Å². The average molecular weight is 348 g/mol. The van der Waals surface area contributed by atoms with Crippen LogP contribution >= 0.6 is 0 Å². The van der Waals surface area contributed by atoms with Gasteiger partial charge in [0.15, 0.2) is 0 Å². The molecule has 1 aliphatic rings. The Morgan fingerprint density at radius 1 is 1.28 bits per heavy atom. The summed E-state index contributed by atoms with van der Waals surface area (Å²) in [5.74, 6) is 0.240. The third-order valence-electron chi connectivity index (χ3n) is 4.28. The number of piperidine rings is 1. The molecule has 0 atom stereocenters. The summed E-state index contributed by atoms with van der Waals surface area (Å²) in [6, 6.07) is 4.78. The van der Waals surface area contributed by atoms with Crippen LogP contribution in [0.5, 0.6) is 5.75 Å². The number of rotatable bonds is 3. The molecule has 2 amide bonds. The van der Waals surface area contributed by atoms with E-state index >= 15 is 0 Å². The third kappa shape index (κ3) is 5.66. The predicted molar refractivity (Wildman–Crippen MR) is 95.7 cm³/mol. The number of carbonyl (C=O) groups excluding carboxylic acids is 2. The Hall–Kier alpha value is -2.24. The number of carbonyl (C=O) groups is 2. The highest BCUT2D eigenvalue weighted by Gasteiger charge is 2.27. The highest BCUT2D eigenvalue weighted by molar-refractivity contribution is 5.96. The van der Waals surface area contributed by atoms with Gasteiger partial charge in [0.05, 0.1) is 0 Å². The van der Waals surface area contributed by atoms with Crippen molar-refractivity contribution < 1.29 is 19.4 Å². The summed E-state index contributed by atoms with van der Waals surface area (Å²) >= 11 is 0. The topological polar surface area (TPSA) is 78.9 Å². The first kappa shape index (κ1) is 19.1. The number of aryl methyl sites for hydroxylation is 1. The fraction of sp³-hybridized carbons (Fsp3) is 0.579. The molecule has 1 fully saturated rings. The van der Waals surface area contributed by atoms with Gasteiger partial charge in [-0.25, -0.2) is 4.79 Å². The van der Waals surface area contributed by atoms with E-state index in [9.17, 15) is 14.7 Å². The highest BCUT2D eigenvalue weighted by Crippen LogP contribution is 2.20. The zero-order valence-corrected chi connectivity index (χ0v) is 15.5. The number of amides is 2. The minimum Gasteiger partial charge on any atom is -0.508 e. The molecule has 1 heterocycles. The second kappa shape index (κ2) is 7.76. The fourth-order valence-electron chi connectivity index (χ4n) is 2.83. The second-order valence-corrected chi connectivity index (χ2v) is 7.62. The van der Waals surface area contributed by atoms with Crippen LogP contribution < -0.4 is 5.32 Å². The number of benzene rings is 1. The molecule has 1 aliphatic heterocycles. The Morgan fingerprint density at radius 2 is 1.92 bits per heavy atom. The number of nitrogens with one attached hydrogen (secondary N) is 1. The van der Waals surface area contributed by atoms with E-state index in [4.69, 9.17) is 4.74 Å². The maximum absolute atomic E-state index is 12.3. The molecule has 25 heavy (non-hydrogen) atoms. The molecule has 1 aromatic rings. The van der Waals surface area contributed by atoms with Crippen molar-refractivity contribution in [2.75, 3.05) is 19.6 Å². The SMILES string of the molecule is Cc1ccc(O)cc1C(=O)NCC1CCN(C(=O)OC(C)(C)C)CC1. The largest absolute Gasteiger partial charge is 0.508 e. The molecule has 6 nitrogen and oxygen atoms in total. The molecule has 2 N–H and O–H groups in total. The number of hydrogen-bond donors (Lipinski definition) is 2. The van der Waals surface area contributed by atoms with E-state index in [0.29, 0.717) is 31.1 Å². The van der Waals surface area contributed by atoms with Crippen LogP contribution in [0.4, 0.5) is 4.79 Å². The van der Waals surface area contributed by atoms with Crippen LogP contribution in [0.1, 0.15) is 49.5 Å². The fourth-order valence-corrected chi connectivity index (χ4v) is 2.83. The minimum absolute atomic E-state index is 0.0846. The lowest BCUT2D eigenvalue weighted by molar-refractivity contribution is 0.0183. The number of hydrogen-bond acceptors (Lipinski definition) is 4. The molecular formula is C19H28N2O4. The molecular weight excluding hydrogens is 320 g/mol. The van der Waals surface area contributed by atoms with E-state index < -0.39 is 5.60 Å². The first-order valence-electron chi connectivity index (χ1n) is 8.71. The molecule has 2 rings (SSSR count). The van der Waals surface area contributed by atoms with Crippen LogP contribution in [0.2, 0.25) is 0 Å². The molecule has 138 valence electrons. The monoisotopic (exact) mass is 348 g/mol. The third-order valence-corrected chi connectivity index (χ3v) is 4.28. The number of ether oxygens (including phenoxy) is 1. The van der Waals surface area contributed by atoms with Gasteiger partial charge in [-0.05, 0) is 64.2 Å². The highest BCUT2D eigenvalue weighted by atomic mass is 16.6. The van der Waals surface area contributed by atoms with Gasteiger partial charge in [0.25, 0.3) is 5.91 Å². The van der Waals surface area contributed by atoms with E-state index in [1.165, 1.54) is 6.07 Å². The van der Waals surface area contributed by atoms with Crippen LogP contribution in [0, 0.1) is 12.8 Å². The molecule has 0 aromatic heterocycles. The van der Waals surface area contributed by atoms with Crippen molar-refractivity contribution in [3.8, 4) is 5.75 Å². The smallest absolute Gasteiger partial charge is 0.410 e. The van der Waals surface area contributed by atoms with Gasteiger partial charge in [-0.1, -0.05) is 6.07 Å². The zero-order chi connectivity index (χ0) is 18.6. The van der Waals surface area contributed by atoms with Crippen molar-refractivity contribution in [3.05, 3.63) is 29.3 Å². The summed E-state index contributed by atoms with van der Waals surface area (Å²) in [4.78, 5) is 26.1. The Kier molecular flexibility index (Phi) is 5.93. The molecule has 0 unspecified atom stereocenters. The zero-order valence-electron chi connectivity index (χ0n) is 15.5. The minimum atomic E-state index is -0.485. The van der Waals surface area contributed by atoms with Gasteiger partial charge in [-0.2, -0.15) is 0 Å². The van der Waals surface area contributed by atoms with Crippen LogP contribution in [0.3, 0.4) is 0 Å². The molecule has 1 aromatic carbocycles. The first-order valence-corrected chi connectivity index (χ1v) is 8.71. The lowest BCUT2D eigenvalue weighted by atomic mass is 9.97. The number of phenolic OH excluding ortho intramolecular Hbond substituents is 1. The Morgan fingerprint density at radius 3 is 2.52 bits per heavy atom. The molecule has 0 spiro atoms. The molecule has 1 saturated heterocycles. The summed E-state index contributed by atoms with van der Waals surface area (Å²) < 4.78 is 5.39. The van der Waals surface area contributed by atoms with Crippen molar-refractivity contribution in [1.29, 1.82) is 0 Å². The van der Waals surface area contributed by atoms with Crippen molar-refractivity contribution in [2.24, 2.45) is 5.92 Å². The molecule has 0 aliphatic carbocycles. The number of likely N-dealkylation sites (tertiary alicyclic amines) is 1. The van der Waals surface area contributed by atoms with Crippen molar-refractivity contribution >= 4 is 12.0 Å². The van der Waals surface area contributed by atoms with E-state index in [-0.39, 0.29) is 17.7 Å². The maximum Gasteiger partial charge on any atom is 0.410 e. The first-order chi connectivity index (χ1) is 11.7. The lowest BCUT2D eigenvalue weighted by Crippen LogP contribution is -2.43. The number of aromatic hydroxyl groups is 1. The van der Waals surface area contributed by atoms with Crippen molar-refractivity contribution in [3.63, 3.8) is 0 Å². The van der Waals surface area contributed by atoms with Gasteiger partial charge >= 0.3 is 6.09 Å². The standard InChI is InChI=1S/C19H28N2O4/c1-13-5-6-15(22)11-16(13)17(23)20-12-14-7-9-21(10-8-14)18(24)25-19(2,3)4/h5-6,11,14,22H,7-10,12H2,1-4H3,(H,20,23). The van der Waals surface area contributed by atoms with Gasteiger partial charge in [0.1, 0.15) is 11.4 Å². The van der Waals surface area contributed by atoms with Gasteiger partial charge in [0.2, 0.25) is 0 Å². The van der Waals surface area contributed by atoms with Crippen molar-refractivity contribution in [2.45, 2.75) is 46.1 Å². The maximum atomic E-state index is 12.3. The summed E-state index contributed by atoms with van der Waals surface area (Å²) in [6.45, 7) is 9.26. The van der Waals surface area contributed by atoms with Gasteiger partial charge in [0, 0.05) is 25.2 Å². The lowest BCUT2D eigenvalue weighted by Gasteiger charge is -2.33. The molecule has 0 saturated carbocycles. The van der Waals surface area contributed by atoms with Gasteiger partial charge in [-0.3, -0.25) is 4.79 Å². The normalized spacial score (nSPS) is 15.8. The molecule has 0 radical (unpaired) electrons. The van der Waals surface area contributed by atoms with Crippen LogP contribution in [-0.4, -0.2) is 47.2 Å². The van der Waals surface area contributed by atoms with Crippen LogP contribution in [-0.2, 0) is 4.74 Å². The van der Waals surface area contributed by atoms with E-state index in [1.54, 1.807) is 17.0 Å². The summed E-state index contributed by atoms with van der Waals surface area (Å²) in [5, 5.41) is 12.5. The Balaban J connectivity index is 1.79. The molecule has 6 heteroatoms. The molecule has 0 bridgehead atoms. The van der Waals surface area contributed by atoms with E-state index in [0.717, 1.165) is 18.4 Å². The van der Waals surface area contributed by atoms with Gasteiger partial charge < -0.3 is 20.1 Å². The number of phenols is 1. The van der Waals surface area contributed by atoms with Crippen LogP contribution in [0.25, 0.3) is 0 Å². The number of nitrogens with zero attached hydrogens (tertiary/aromatic N) is 1. The van der Waals surface area contributed by atoms with Crippen LogP contribution in [0.15, 0.2) is 18.2 Å².